The van der Waals surface area contributed by atoms with Crippen LogP contribution < -0.4 is 5.32 Å². The van der Waals surface area contributed by atoms with Crippen molar-refractivity contribution in [1.29, 1.82) is 0 Å². The lowest BCUT2D eigenvalue weighted by Crippen LogP contribution is -2.39. The van der Waals surface area contributed by atoms with E-state index in [1.165, 1.54) is 12.4 Å². The molecule has 0 bridgehead atoms. The summed E-state index contributed by atoms with van der Waals surface area (Å²) < 4.78 is 39.8. The Labute approximate surface area is 234 Å². The Morgan fingerprint density at radius 2 is 1.88 bits per heavy atom. The molecule has 0 radical (unpaired) electrons. The van der Waals surface area contributed by atoms with Gasteiger partial charge in [-0.15, -0.1) is 0 Å². The molecule has 4 aromatic rings. The standard InChI is InChI=1S/C27H31N7O4S2/c1-17(2)33-16-24(27(35)32-19-6-9-39(36)10-7-19)23-14-29-21(12-25(23)33)11-20-5-8-28-26(31-20)18-13-30-34(15-18)40(37,38)22-3-4-22/h5,8,12-17,19,22H,3-4,6-7,9-11H2,1-2H3,(H,32,35). The lowest BCUT2D eigenvalue weighted by Gasteiger charge is -2.22. The van der Waals surface area contributed by atoms with Crippen molar-refractivity contribution in [1.82, 2.24) is 34.0 Å². The molecule has 2 fully saturated rings. The summed E-state index contributed by atoms with van der Waals surface area (Å²) in [4.78, 5) is 26.8. The first-order valence-corrected chi connectivity index (χ1v) is 16.4. The predicted molar refractivity (Wildman–Crippen MR) is 152 cm³/mol. The van der Waals surface area contributed by atoms with Crippen LogP contribution >= 0.6 is 0 Å². The molecule has 1 amide bonds. The zero-order chi connectivity index (χ0) is 28.0. The fourth-order valence-corrected chi connectivity index (χ4v) is 7.76. The van der Waals surface area contributed by atoms with Crippen LogP contribution in [-0.4, -0.2) is 70.0 Å². The van der Waals surface area contributed by atoms with Crippen molar-refractivity contribution in [2.45, 2.75) is 63.3 Å². The zero-order valence-corrected chi connectivity index (χ0v) is 24.0. The molecule has 2 aliphatic rings. The minimum absolute atomic E-state index is 0.0303. The number of hydrogen-bond acceptors (Lipinski definition) is 8. The van der Waals surface area contributed by atoms with Gasteiger partial charge in [-0.05, 0) is 51.7 Å². The summed E-state index contributed by atoms with van der Waals surface area (Å²) in [6.07, 6.45) is 11.4. The van der Waals surface area contributed by atoms with E-state index >= 15 is 0 Å². The minimum Gasteiger partial charge on any atom is -0.349 e. The van der Waals surface area contributed by atoms with Crippen molar-refractivity contribution in [3.63, 3.8) is 0 Å². The topological polar surface area (TPSA) is 142 Å². The third-order valence-electron chi connectivity index (χ3n) is 7.40. The van der Waals surface area contributed by atoms with Gasteiger partial charge in [0.1, 0.15) is 0 Å². The van der Waals surface area contributed by atoms with Gasteiger partial charge in [-0.2, -0.15) is 9.19 Å². The van der Waals surface area contributed by atoms with Crippen LogP contribution in [0.3, 0.4) is 0 Å². The van der Waals surface area contributed by atoms with Crippen molar-refractivity contribution in [2.24, 2.45) is 0 Å². The molecule has 1 aliphatic heterocycles. The van der Waals surface area contributed by atoms with Gasteiger partial charge in [-0.25, -0.2) is 18.4 Å². The van der Waals surface area contributed by atoms with Crippen LogP contribution in [0.2, 0.25) is 0 Å². The van der Waals surface area contributed by atoms with Gasteiger partial charge in [0.2, 0.25) is 0 Å². The number of hydrogen-bond donors (Lipinski definition) is 1. The summed E-state index contributed by atoms with van der Waals surface area (Å²) >= 11 is 0. The smallest absolute Gasteiger partial charge is 0.256 e. The molecule has 5 heterocycles. The molecule has 0 unspecified atom stereocenters. The summed E-state index contributed by atoms with van der Waals surface area (Å²) in [5.41, 5.74) is 3.53. The van der Waals surface area contributed by atoms with Crippen molar-refractivity contribution >= 4 is 37.6 Å². The predicted octanol–water partition coefficient (Wildman–Crippen LogP) is 2.84. The van der Waals surface area contributed by atoms with Crippen LogP contribution in [0.25, 0.3) is 22.3 Å². The van der Waals surface area contributed by atoms with Crippen molar-refractivity contribution in [3.05, 3.63) is 60.1 Å². The minimum atomic E-state index is -3.46. The van der Waals surface area contributed by atoms with Gasteiger partial charge in [0.05, 0.1) is 40.0 Å². The van der Waals surface area contributed by atoms with Crippen LogP contribution in [0, 0.1) is 0 Å². The first-order chi connectivity index (χ1) is 19.2. The van der Waals surface area contributed by atoms with E-state index in [-0.39, 0.29) is 23.2 Å². The van der Waals surface area contributed by atoms with Crippen LogP contribution in [0.1, 0.15) is 67.3 Å². The Kier molecular flexibility index (Phi) is 7.03. The highest BCUT2D eigenvalue weighted by molar-refractivity contribution is 7.90. The highest BCUT2D eigenvalue weighted by Crippen LogP contribution is 2.30. The number of pyridine rings is 1. The second kappa shape index (κ2) is 10.5. The number of rotatable bonds is 8. The molecule has 1 aliphatic carbocycles. The maximum atomic E-state index is 13.2. The van der Waals surface area contributed by atoms with Gasteiger partial charge in [0.25, 0.3) is 15.9 Å². The molecule has 1 N–H and O–H groups in total. The number of amides is 1. The van der Waals surface area contributed by atoms with E-state index in [0.717, 1.165) is 39.2 Å². The lowest BCUT2D eigenvalue weighted by atomic mass is 10.1. The molecule has 210 valence electrons. The summed E-state index contributed by atoms with van der Waals surface area (Å²) in [5, 5.41) is 7.59. The van der Waals surface area contributed by atoms with Crippen molar-refractivity contribution in [3.8, 4) is 11.4 Å². The van der Waals surface area contributed by atoms with Crippen LogP contribution in [0.15, 0.2) is 43.1 Å². The van der Waals surface area contributed by atoms with Gasteiger partial charge >= 0.3 is 0 Å². The average molecular weight is 582 g/mol. The Balaban J connectivity index is 1.24. The molecule has 1 saturated carbocycles. The highest BCUT2D eigenvalue weighted by Gasteiger charge is 2.37. The SMILES string of the molecule is CC(C)n1cc(C(=O)NC2CCS(=O)CC2)c2cnc(Cc3ccnc(-c4cnn(S(=O)(=O)C5CC5)c4)n3)cc21. The zero-order valence-electron chi connectivity index (χ0n) is 22.4. The summed E-state index contributed by atoms with van der Waals surface area (Å²) in [7, 11) is -4.24. The van der Waals surface area contributed by atoms with Crippen molar-refractivity contribution < 1.29 is 17.4 Å². The van der Waals surface area contributed by atoms with Crippen LogP contribution in [0.4, 0.5) is 0 Å². The molecular formula is C27H31N7O4S2. The lowest BCUT2D eigenvalue weighted by molar-refractivity contribution is 0.0936. The summed E-state index contributed by atoms with van der Waals surface area (Å²) in [5.74, 6) is 1.50. The first kappa shape index (κ1) is 26.8. The van der Waals surface area contributed by atoms with Gasteiger partial charge < -0.3 is 9.88 Å². The van der Waals surface area contributed by atoms with E-state index in [2.05, 4.69) is 43.8 Å². The normalized spacial score (nSPS) is 19.8. The number of nitrogens with one attached hydrogen (secondary N) is 1. The van der Waals surface area contributed by atoms with E-state index in [4.69, 9.17) is 0 Å². The van der Waals surface area contributed by atoms with Crippen LogP contribution in [-0.2, 0) is 27.2 Å². The Morgan fingerprint density at radius 1 is 1.10 bits per heavy atom. The van der Waals surface area contributed by atoms with Gasteiger partial charge in [0.15, 0.2) is 5.82 Å². The average Bonchev–Trinajstić information content (AvgIpc) is 3.55. The molecule has 11 nitrogen and oxygen atoms in total. The van der Waals surface area contributed by atoms with E-state index in [1.807, 2.05) is 12.3 Å². The molecule has 6 rings (SSSR count). The molecule has 4 aromatic heterocycles. The van der Waals surface area contributed by atoms with Gasteiger partial charge in [-0.1, -0.05) is 0 Å². The fraction of sp³-hybridized carbons (Fsp3) is 0.444. The molecule has 0 aromatic carbocycles. The van der Waals surface area contributed by atoms with Gasteiger partial charge in [-0.3, -0.25) is 14.0 Å². The maximum absolute atomic E-state index is 13.2. The number of nitrogens with zero attached hydrogens (tertiary/aromatic N) is 6. The molecule has 1 saturated heterocycles. The number of carbonyl (C=O) groups is 1. The third-order valence-corrected chi connectivity index (χ3v) is 10.8. The Morgan fingerprint density at radius 3 is 2.60 bits per heavy atom. The molecule has 0 spiro atoms. The highest BCUT2D eigenvalue weighted by atomic mass is 32.2. The van der Waals surface area contributed by atoms with E-state index in [9.17, 15) is 17.4 Å². The second-order valence-corrected chi connectivity index (χ2v) is 14.5. The Bertz CT molecular complexity index is 1710. The number of fused-ring (bicyclic) bond motifs is 1. The quantitative estimate of drug-likeness (QED) is 0.335. The Hall–Kier alpha value is -3.45. The number of aromatic nitrogens is 6. The maximum Gasteiger partial charge on any atom is 0.256 e. The van der Waals surface area contributed by atoms with Crippen LogP contribution in [0.5, 0.6) is 0 Å². The van der Waals surface area contributed by atoms with E-state index in [1.54, 1.807) is 18.5 Å². The van der Waals surface area contributed by atoms with Gasteiger partial charge in [0, 0.05) is 70.5 Å². The monoisotopic (exact) mass is 581 g/mol. The van der Waals surface area contributed by atoms with E-state index in [0.29, 0.717) is 47.7 Å². The largest absolute Gasteiger partial charge is 0.349 e. The fourth-order valence-electron chi connectivity index (χ4n) is 4.99. The third kappa shape index (κ3) is 5.31. The molecular weight excluding hydrogens is 550 g/mol. The van der Waals surface area contributed by atoms with E-state index < -0.39 is 20.8 Å². The van der Waals surface area contributed by atoms with Crippen molar-refractivity contribution in [2.75, 3.05) is 11.5 Å². The molecule has 13 heteroatoms. The second-order valence-electron chi connectivity index (χ2n) is 10.7. The molecule has 0 atom stereocenters. The summed E-state index contributed by atoms with van der Waals surface area (Å²) in [6, 6.07) is 3.95. The summed E-state index contributed by atoms with van der Waals surface area (Å²) in [6.45, 7) is 4.13. The number of carbonyl (C=O) groups excluding carboxylic acids is 1. The molecule has 40 heavy (non-hydrogen) atoms. The first-order valence-electron chi connectivity index (χ1n) is 13.5.